The number of hydrogen-bond donors (Lipinski definition) is 5. The molecule has 6 aromatic heterocycles. The van der Waals surface area contributed by atoms with Crippen molar-refractivity contribution in [3.8, 4) is 0 Å². The van der Waals surface area contributed by atoms with Crippen LogP contribution in [0.2, 0.25) is 5.02 Å². The van der Waals surface area contributed by atoms with Crippen molar-refractivity contribution in [2.24, 2.45) is 10.8 Å². The van der Waals surface area contributed by atoms with Crippen LogP contribution < -0.4 is 10.6 Å². The van der Waals surface area contributed by atoms with Gasteiger partial charge in [0.2, 0.25) is 5.91 Å². The first-order valence-corrected chi connectivity index (χ1v) is 26.3. The van der Waals surface area contributed by atoms with Crippen LogP contribution in [0.15, 0.2) is 78.3 Å². The van der Waals surface area contributed by atoms with Gasteiger partial charge in [0.1, 0.15) is 19.6 Å². The highest BCUT2D eigenvalue weighted by atomic mass is 35.5. The van der Waals surface area contributed by atoms with Crippen molar-refractivity contribution in [3.63, 3.8) is 0 Å². The third-order valence-electron chi connectivity index (χ3n) is 11.6. The second-order valence-corrected chi connectivity index (χ2v) is 20.0. The zero-order chi connectivity index (χ0) is 56.0. The Labute approximate surface area is 446 Å². The quantitative estimate of drug-likeness (QED) is 0.0200. The maximum absolute atomic E-state index is 12.8. The van der Waals surface area contributed by atoms with Crippen LogP contribution in [-0.4, -0.2) is 157 Å². The number of carboxylic acids is 4. The van der Waals surface area contributed by atoms with Crippen molar-refractivity contribution in [2.45, 2.75) is 72.8 Å². The van der Waals surface area contributed by atoms with Gasteiger partial charge in [0.25, 0.3) is 0 Å². The van der Waals surface area contributed by atoms with E-state index in [1.807, 2.05) is 55.1 Å². The van der Waals surface area contributed by atoms with Crippen molar-refractivity contribution in [1.29, 1.82) is 0 Å². The number of esters is 1. The Morgan fingerprint density at radius 3 is 1.71 bits per heavy atom. The highest BCUT2D eigenvalue weighted by molar-refractivity contribution is 7.57. The van der Waals surface area contributed by atoms with Crippen molar-refractivity contribution >= 4 is 94.1 Å². The molecule has 28 heteroatoms. The minimum Gasteiger partial charge on any atom is -0.481 e. The van der Waals surface area contributed by atoms with E-state index in [-0.39, 0.29) is 57.3 Å². The van der Waals surface area contributed by atoms with Crippen LogP contribution in [0.5, 0.6) is 0 Å². The molecule has 0 saturated carbocycles. The summed E-state index contributed by atoms with van der Waals surface area (Å²) in [6.45, 7) is 9.40. The standard InChI is InChI=1S/C20H23ClN6O.C11H13N3O2.C9H8N6O2.C9H15O6P/c1-14-11-15(4-5-17(14)21)25-7-9-26(10-8-25)19(28)13-27-20-16(3-2-6-23-20)18(12-22)24-27;1-3-16-10(15)7-14-11-9(8(2)13-14)5-4-6-12-11;10-14-12-4-7-6-2-1-3-11-9(6)15(13-7)5-8(16)17;10-7(11)1-4-16(5-2-8(12)13)6-3-9(14)15/h2-6,11H,7-10,12-13,22H2,1H3;4-6H,3,7H2,1-2H3;1-3H,4-5H2,(H,16,17);1-6H2,(H,10,11)(H,12,13)(H,14,15). The Balaban J connectivity index is 0.000000197. The number of hydrogen-bond acceptors (Lipinski definition) is 16. The lowest BCUT2D eigenvalue weighted by Gasteiger charge is -2.36. The highest BCUT2D eigenvalue weighted by Crippen LogP contribution is 2.37. The van der Waals surface area contributed by atoms with Gasteiger partial charge in [-0.2, -0.15) is 15.3 Å². The van der Waals surface area contributed by atoms with Crippen LogP contribution in [0, 0.1) is 13.8 Å². The third kappa shape index (κ3) is 17.9. The summed E-state index contributed by atoms with van der Waals surface area (Å²) in [6, 6.07) is 17.1. The van der Waals surface area contributed by atoms with E-state index in [4.69, 9.17) is 48.0 Å². The predicted molar refractivity (Wildman–Crippen MR) is 286 cm³/mol. The smallest absolute Gasteiger partial charge is 0.327 e. The maximum atomic E-state index is 12.8. The van der Waals surface area contributed by atoms with E-state index in [1.54, 1.807) is 47.0 Å². The molecule has 0 bridgehead atoms. The molecule has 8 rings (SSSR count). The minimum atomic E-state index is -1.00. The van der Waals surface area contributed by atoms with Gasteiger partial charge in [-0.1, -0.05) is 16.7 Å². The summed E-state index contributed by atoms with van der Waals surface area (Å²) in [5.74, 6) is -4.05. The summed E-state index contributed by atoms with van der Waals surface area (Å²) >= 11 is 6.12. The number of piperazine rings is 1. The number of halogens is 1. The average molecular weight is 1100 g/mol. The molecule has 408 valence electrons. The van der Waals surface area contributed by atoms with Gasteiger partial charge in [-0.15, -0.1) is 7.92 Å². The first-order chi connectivity index (χ1) is 36.9. The Kier molecular flexibility index (Phi) is 23.0. The molecule has 6 N–H and O–H groups in total. The largest absolute Gasteiger partial charge is 0.481 e. The topological polar surface area (TPSA) is 366 Å². The maximum Gasteiger partial charge on any atom is 0.327 e. The molecule has 0 spiro atoms. The number of anilines is 1. The first-order valence-electron chi connectivity index (χ1n) is 24.1. The number of fused-ring (bicyclic) bond motifs is 3. The van der Waals surface area contributed by atoms with E-state index < -0.39 is 31.8 Å². The Hall–Kier alpha value is -8.31. The van der Waals surface area contributed by atoms with Crippen LogP contribution in [-0.2, 0) is 66.2 Å². The first kappa shape index (κ1) is 59.6. The number of carbonyl (C=O) groups excluding carboxylic acids is 2. The number of carboxylic acid groups (broad SMARTS) is 4. The van der Waals surface area contributed by atoms with E-state index in [0.29, 0.717) is 72.7 Å². The molecule has 26 nitrogen and oxygen atoms in total. The van der Waals surface area contributed by atoms with Crippen molar-refractivity contribution in [1.82, 2.24) is 49.2 Å². The molecule has 7 aromatic rings. The van der Waals surface area contributed by atoms with E-state index in [9.17, 15) is 28.8 Å². The number of amides is 1. The number of carbonyl (C=O) groups is 6. The Morgan fingerprint density at radius 1 is 0.701 bits per heavy atom. The van der Waals surface area contributed by atoms with Gasteiger partial charge in [0.15, 0.2) is 16.9 Å². The summed E-state index contributed by atoms with van der Waals surface area (Å²) in [5.41, 5.74) is 20.3. The van der Waals surface area contributed by atoms with Gasteiger partial charge in [0, 0.05) is 102 Å². The number of aryl methyl sites for hydroxylation is 2. The lowest BCUT2D eigenvalue weighted by molar-refractivity contribution is -0.144. The number of nitrogens with two attached hydrogens (primary N) is 1. The van der Waals surface area contributed by atoms with E-state index >= 15 is 0 Å². The number of ether oxygens (including phenoxy) is 1. The molecule has 1 aliphatic rings. The number of azide groups is 1. The average Bonchev–Trinajstić information content (AvgIpc) is 4.07. The van der Waals surface area contributed by atoms with Gasteiger partial charge >= 0.3 is 29.8 Å². The second-order valence-electron chi connectivity index (χ2n) is 16.9. The predicted octanol–water partition coefficient (Wildman–Crippen LogP) is 5.72. The van der Waals surface area contributed by atoms with E-state index in [2.05, 4.69) is 51.2 Å². The van der Waals surface area contributed by atoms with Crippen LogP contribution >= 0.6 is 19.5 Å². The van der Waals surface area contributed by atoms with Gasteiger partial charge < -0.3 is 40.7 Å². The molecule has 1 aromatic carbocycles. The lowest BCUT2D eigenvalue weighted by Crippen LogP contribution is -2.49. The highest BCUT2D eigenvalue weighted by Gasteiger charge is 2.24. The van der Waals surface area contributed by atoms with Gasteiger partial charge in [-0.3, -0.25) is 28.8 Å². The molecule has 1 aliphatic heterocycles. The van der Waals surface area contributed by atoms with Crippen LogP contribution in [0.4, 0.5) is 5.69 Å². The van der Waals surface area contributed by atoms with Crippen molar-refractivity contribution in [3.05, 3.63) is 111 Å². The molecule has 0 radical (unpaired) electrons. The molecule has 0 unspecified atom stereocenters. The molecule has 7 heterocycles. The zero-order valence-corrected chi connectivity index (χ0v) is 44.2. The van der Waals surface area contributed by atoms with Gasteiger partial charge in [0.05, 0.1) is 30.2 Å². The van der Waals surface area contributed by atoms with Gasteiger partial charge in [-0.05, 0) is 105 Å². The summed E-state index contributed by atoms with van der Waals surface area (Å²) < 4.78 is 9.39. The number of nitrogens with zero attached hydrogens (tertiary/aromatic N) is 14. The minimum absolute atomic E-state index is 0.0229. The summed E-state index contributed by atoms with van der Waals surface area (Å²) in [5, 5.41) is 53.8. The SMILES string of the molecule is CCOC(=O)Cn1nc(C)c2cccnc21.Cc1cc(N2CCN(C(=O)Cn3nc(CN)c4cccnc43)CC2)ccc1Cl.O=C(O)CCP(CCC(=O)O)CCC(=O)O.[N-]=[N+]=NCc1nn(CC(=O)O)c2ncccc12. The number of aromatic nitrogens is 9. The number of rotatable bonds is 20. The van der Waals surface area contributed by atoms with Crippen LogP contribution in [0.1, 0.15) is 48.8 Å². The molecule has 1 amide bonds. The molecular formula is C49H59ClN15O11P. The van der Waals surface area contributed by atoms with Crippen LogP contribution in [0.25, 0.3) is 43.5 Å². The van der Waals surface area contributed by atoms with Crippen LogP contribution in [0.3, 0.4) is 0 Å². The lowest BCUT2D eigenvalue weighted by atomic mass is 10.2. The molecule has 1 fully saturated rings. The zero-order valence-electron chi connectivity index (χ0n) is 42.6. The molecular weight excluding hydrogens is 1040 g/mol. The second kappa shape index (κ2) is 29.7. The summed E-state index contributed by atoms with van der Waals surface area (Å²) in [6.07, 6.45) is 6.06. The van der Waals surface area contributed by atoms with E-state index in [1.165, 1.54) is 4.68 Å². The van der Waals surface area contributed by atoms with E-state index in [0.717, 1.165) is 51.5 Å². The Morgan fingerprint density at radius 2 is 1.21 bits per heavy atom. The molecule has 0 aliphatic carbocycles. The summed E-state index contributed by atoms with van der Waals surface area (Å²) in [7, 11) is -0.801. The Bertz CT molecular complexity index is 3140. The monoisotopic (exact) mass is 1100 g/mol. The molecule has 0 atom stereocenters. The summed E-state index contributed by atoms with van der Waals surface area (Å²) in [4.78, 5) is 85.4. The fourth-order valence-electron chi connectivity index (χ4n) is 7.84. The number of pyridine rings is 3. The third-order valence-corrected chi connectivity index (χ3v) is 14.5. The fourth-order valence-corrected chi connectivity index (χ4v) is 10.1. The normalized spacial score (nSPS) is 11.9. The number of benzene rings is 1. The van der Waals surface area contributed by atoms with Crippen molar-refractivity contribution < 1.29 is 53.9 Å². The molecule has 77 heavy (non-hydrogen) atoms. The van der Waals surface area contributed by atoms with Crippen molar-refractivity contribution in [2.75, 3.05) is 56.2 Å². The van der Waals surface area contributed by atoms with Gasteiger partial charge in [-0.25, -0.2) is 29.0 Å². The number of aliphatic carboxylic acids is 4. The molecule has 1 saturated heterocycles. The fraction of sp³-hybridized carbons (Fsp3) is 0.388.